The zero-order chi connectivity index (χ0) is 10.7. The SMILES string of the molecule is NC(=S)c1ccnc(N2CCCCC2)n1. The Bertz CT molecular complexity index is 360. The molecule has 15 heavy (non-hydrogen) atoms. The van der Waals surface area contributed by atoms with E-state index in [0.717, 1.165) is 19.0 Å². The van der Waals surface area contributed by atoms with E-state index in [1.165, 1.54) is 19.3 Å². The van der Waals surface area contributed by atoms with Crippen molar-refractivity contribution >= 4 is 23.2 Å². The second kappa shape index (κ2) is 4.53. The van der Waals surface area contributed by atoms with Gasteiger partial charge in [0.15, 0.2) is 0 Å². The van der Waals surface area contributed by atoms with Gasteiger partial charge in [0, 0.05) is 19.3 Å². The minimum atomic E-state index is 0.329. The molecule has 0 radical (unpaired) electrons. The highest BCUT2D eigenvalue weighted by atomic mass is 32.1. The van der Waals surface area contributed by atoms with Crippen LogP contribution >= 0.6 is 12.2 Å². The molecule has 0 aromatic carbocycles. The highest BCUT2D eigenvalue weighted by Gasteiger charge is 2.13. The second-order valence-electron chi connectivity index (χ2n) is 3.65. The third-order valence-corrected chi connectivity index (χ3v) is 2.74. The van der Waals surface area contributed by atoms with Crippen LogP contribution in [0.2, 0.25) is 0 Å². The maximum Gasteiger partial charge on any atom is 0.225 e. The molecule has 0 spiro atoms. The number of piperidine rings is 1. The van der Waals surface area contributed by atoms with Gasteiger partial charge in [-0.05, 0) is 25.3 Å². The lowest BCUT2D eigenvalue weighted by Crippen LogP contribution is -2.31. The molecule has 80 valence electrons. The smallest absolute Gasteiger partial charge is 0.225 e. The Morgan fingerprint density at radius 2 is 2.07 bits per heavy atom. The van der Waals surface area contributed by atoms with Crippen molar-refractivity contribution in [3.63, 3.8) is 0 Å². The van der Waals surface area contributed by atoms with Crippen LogP contribution in [-0.2, 0) is 0 Å². The second-order valence-corrected chi connectivity index (χ2v) is 4.09. The Morgan fingerprint density at radius 1 is 1.33 bits per heavy atom. The van der Waals surface area contributed by atoms with E-state index in [2.05, 4.69) is 14.9 Å². The number of nitrogens with two attached hydrogens (primary N) is 1. The van der Waals surface area contributed by atoms with Gasteiger partial charge >= 0.3 is 0 Å². The van der Waals surface area contributed by atoms with Crippen LogP contribution in [0.25, 0.3) is 0 Å². The zero-order valence-corrected chi connectivity index (χ0v) is 9.33. The van der Waals surface area contributed by atoms with Crippen LogP contribution in [0.1, 0.15) is 25.0 Å². The van der Waals surface area contributed by atoms with Crippen molar-refractivity contribution in [3.8, 4) is 0 Å². The Labute approximate surface area is 94.5 Å². The zero-order valence-electron chi connectivity index (χ0n) is 8.52. The highest BCUT2D eigenvalue weighted by Crippen LogP contribution is 2.15. The summed E-state index contributed by atoms with van der Waals surface area (Å²) in [6, 6.07) is 1.75. The lowest BCUT2D eigenvalue weighted by atomic mass is 10.1. The van der Waals surface area contributed by atoms with Gasteiger partial charge < -0.3 is 10.6 Å². The third kappa shape index (κ3) is 2.41. The molecule has 1 aromatic heterocycles. The fourth-order valence-electron chi connectivity index (χ4n) is 1.73. The van der Waals surface area contributed by atoms with Gasteiger partial charge in [0.25, 0.3) is 0 Å². The van der Waals surface area contributed by atoms with Crippen LogP contribution < -0.4 is 10.6 Å². The van der Waals surface area contributed by atoms with E-state index >= 15 is 0 Å². The molecule has 2 rings (SSSR count). The number of hydrogen-bond acceptors (Lipinski definition) is 4. The molecule has 1 aliphatic rings. The number of hydrogen-bond donors (Lipinski definition) is 1. The van der Waals surface area contributed by atoms with E-state index in [4.69, 9.17) is 18.0 Å². The van der Waals surface area contributed by atoms with Gasteiger partial charge in [-0.15, -0.1) is 0 Å². The maximum atomic E-state index is 5.53. The third-order valence-electron chi connectivity index (χ3n) is 2.53. The topological polar surface area (TPSA) is 55.0 Å². The quantitative estimate of drug-likeness (QED) is 0.759. The molecule has 5 heteroatoms. The molecule has 0 unspecified atom stereocenters. The average molecular weight is 222 g/mol. The van der Waals surface area contributed by atoms with E-state index in [9.17, 15) is 0 Å². The molecule has 1 aliphatic heterocycles. The van der Waals surface area contributed by atoms with Gasteiger partial charge in [0.2, 0.25) is 5.95 Å². The summed E-state index contributed by atoms with van der Waals surface area (Å²) in [5.41, 5.74) is 6.19. The molecular formula is C10H14N4S. The largest absolute Gasteiger partial charge is 0.388 e. The van der Waals surface area contributed by atoms with Crippen molar-refractivity contribution < 1.29 is 0 Å². The molecule has 1 fully saturated rings. The number of anilines is 1. The van der Waals surface area contributed by atoms with Crippen LogP contribution in [0.5, 0.6) is 0 Å². The molecule has 0 atom stereocenters. The Kier molecular flexibility index (Phi) is 3.11. The number of rotatable bonds is 2. The molecule has 0 aliphatic carbocycles. The van der Waals surface area contributed by atoms with Crippen LogP contribution in [0, 0.1) is 0 Å². The summed E-state index contributed by atoms with van der Waals surface area (Å²) in [4.78, 5) is 11.1. The first-order valence-corrected chi connectivity index (χ1v) is 5.56. The predicted molar refractivity (Wildman–Crippen MR) is 64.0 cm³/mol. The summed E-state index contributed by atoms with van der Waals surface area (Å²) < 4.78 is 0. The van der Waals surface area contributed by atoms with Crippen molar-refractivity contribution in [2.45, 2.75) is 19.3 Å². The Hall–Kier alpha value is -1.23. The van der Waals surface area contributed by atoms with Crippen molar-refractivity contribution in [2.75, 3.05) is 18.0 Å². The molecule has 2 heterocycles. The summed E-state index contributed by atoms with van der Waals surface area (Å²) in [7, 11) is 0. The molecular weight excluding hydrogens is 208 g/mol. The fourth-order valence-corrected chi connectivity index (χ4v) is 1.85. The Balaban J connectivity index is 2.19. The Morgan fingerprint density at radius 3 is 2.73 bits per heavy atom. The molecule has 4 nitrogen and oxygen atoms in total. The first-order valence-electron chi connectivity index (χ1n) is 5.15. The molecule has 0 saturated carbocycles. The van der Waals surface area contributed by atoms with Gasteiger partial charge in [-0.1, -0.05) is 12.2 Å². The lowest BCUT2D eigenvalue weighted by molar-refractivity contribution is 0.568. The van der Waals surface area contributed by atoms with Crippen LogP contribution in [0.15, 0.2) is 12.3 Å². The average Bonchev–Trinajstić information content (AvgIpc) is 2.30. The van der Waals surface area contributed by atoms with Crippen LogP contribution in [-0.4, -0.2) is 28.0 Å². The van der Waals surface area contributed by atoms with E-state index in [1.807, 2.05) is 0 Å². The van der Waals surface area contributed by atoms with Crippen molar-refractivity contribution in [3.05, 3.63) is 18.0 Å². The minimum absolute atomic E-state index is 0.329. The van der Waals surface area contributed by atoms with Crippen molar-refractivity contribution in [1.29, 1.82) is 0 Å². The fraction of sp³-hybridized carbons (Fsp3) is 0.500. The van der Waals surface area contributed by atoms with Crippen molar-refractivity contribution in [2.24, 2.45) is 5.73 Å². The van der Waals surface area contributed by atoms with Gasteiger partial charge in [-0.25, -0.2) is 9.97 Å². The highest BCUT2D eigenvalue weighted by molar-refractivity contribution is 7.80. The lowest BCUT2D eigenvalue weighted by Gasteiger charge is -2.26. The molecule has 1 saturated heterocycles. The summed E-state index contributed by atoms with van der Waals surface area (Å²) in [6.45, 7) is 2.06. The normalized spacial score (nSPS) is 16.4. The first kappa shape index (κ1) is 10.3. The molecule has 0 amide bonds. The summed E-state index contributed by atoms with van der Waals surface area (Å²) >= 11 is 4.89. The molecule has 2 N–H and O–H groups in total. The number of aromatic nitrogens is 2. The van der Waals surface area contributed by atoms with Gasteiger partial charge in [-0.3, -0.25) is 0 Å². The maximum absolute atomic E-state index is 5.53. The predicted octanol–water partition coefficient (Wildman–Crippen LogP) is 1.10. The van der Waals surface area contributed by atoms with Gasteiger partial charge in [-0.2, -0.15) is 0 Å². The monoisotopic (exact) mass is 222 g/mol. The number of nitrogens with zero attached hydrogens (tertiary/aromatic N) is 3. The summed E-state index contributed by atoms with van der Waals surface area (Å²) in [5, 5.41) is 0. The van der Waals surface area contributed by atoms with Crippen LogP contribution in [0.3, 0.4) is 0 Å². The van der Waals surface area contributed by atoms with E-state index in [-0.39, 0.29) is 0 Å². The summed E-state index contributed by atoms with van der Waals surface area (Å²) in [5.74, 6) is 0.750. The summed E-state index contributed by atoms with van der Waals surface area (Å²) in [6.07, 6.45) is 5.43. The number of thiocarbonyl (C=S) groups is 1. The molecule has 0 bridgehead atoms. The van der Waals surface area contributed by atoms with Gasteiger partial charge in [0.1, 0.15) is 10.7 Å². The molecule has 1 aromatic rings. The standard InChI is InChI=1S/C10H14N4S/c11-9(15)8-4-5-12-10(13-8)14-6-2-1-3-7-14/h4-5H,1-3,6-7H2,(H2,11,15). The van der Waals surface area contributed by atoms with Crippen molar-refractivity contribution in [1.82, 2.24) is 9.97 Å². The van der Waals surface area contributed by atoms with E-state index < -0.39 is 0 Å². The minimum Gasteiger partial charge on any atom is -0.388 e. The van der Waals surface area contributed by atoms with E-state index in [1.54, 1.807) is 12.3 Å². The van der Waals surface area contributed by atoms with E-state index in [0.29, 0.717) is 10.7 Å². The van der Waals surface area contributed by atoms with Crippen LogP contribution in [0.4, 0.5) is 5.95 Å². The van der Waals surface area contributed by atoms with Gasteiger partial charge in [0.05, 0.1) is 0 Å². The first-order chi connectivity index (χ1) is 7.27.